The molecule has 1 saturated heterocycles. The van der Waals surface area contributed by atoms with Crippen LogP contribution in [0.3, 0.4) is 0 Å². The molecule has 1 rings (SSSR count). The Morgan fingerprint density at radius 1 is 1.55 bits per heavy atom. The first-order valence-electron chi connectivity index (χ1n) is 3.53. The van der Waals surface area contributed by atoms with Crippen molar-refractivity contribution in [3.05, 3.63) is 0 Å². The van der Waals surface area contributed by atoms with Crippen LogP contribution >= 0.6 is 0 Å². The van der Waals surface area contributed by atoms with E-state index in [1.165, 1.54) is 0 Å². The molecule has 1 aliphatic heterocycles. The van der Waals surface area contributed by atoms with Gasteiger partial charge in [-0.15, -0.1) is 0 Å². The van der Waals surface area contributed by atoms with E-state index in [0.29, 0.717) is 6.54 Å². The summed E-state index contributed by atoms with van der Waals surface area (Å²) in [6.07, 6.45) is 0. The Morgan fingerprint density at radius 2 is 2.09 bits per heavy atom. The molecule has 4 heteroatoms. The highest BCUT2D eigenvalue weighted by molar-refractivity contribution is 5.79. The van der Waals surface area contributed by atoms with Crippen LogP contribution in [0.5, 0.6) is 0 Å². The Labute approximate surface area is 64.6 Å². The van der Waals surface area contributed by atoms with Crippen LogP contribution in [-0.2, 0) is 4.79 Å². The van der Waals surface area contributed by atoms with Gasteiger partial charge in [0.1, 0.15) is 0 Å². The van der Waals surface area contributed by atoms with Gasteiger partial charge in [0.25, 0.3) is 0 Å². The average molecular weight is 161 g/mol. The SMILES string of the molecule is CC1(C)CNCC1(F)C(=O)O. The number of aliphatic carboxylic acids is 1. The van der Waals surface area contributed by atoms with Gasteiger partial charge in [0.2, 0.25) is 5.67 Å². The Bertz CT molecular complexity index is 193. The monoisotopic (exact) mass is 161 g/mol. The van der Waals surface area contributed by atoms with Crippen molar-refractivity contribution in [3.63, 3.8) is 0 Å². The number of hydrogen-bond donors (Lipinski definition) is 2. The van der Waals surface area contributed by atoms with Crippen molar-refractivity contribution in [3.8, 4) is 0 Å². The van der Waals surface area contributed by atoms with Crippen molar-refractivity contribution in [2.75, 3.05) is 13.1 Å². The zero-order valence-electron chi connectivity index (χ0n) is 6.65. The lowest BCUT2D eigenvalue weighted by atomic mass is 9.79. The smallest absolute Gasteiger partial charge is 0.343 e. The number of carboxylic acids is 1. The fraction of sp³-hybridized carbons (Fsp3) is 0.857. The van der Waals surface area contributed by atoms with Gasteiger partial charge in [0, 0.05) is 18.5 Å². The van der Waals surface area contributed by atoms with Gasteiger partial charge in [0.15, 0.2) is 0 Å². The second kappa shape index (κ2) is 2.17. The molecule has 1 heterocycles. The molecule has 0 aromatic heterocycles. The first-order chi connectivity index (χ1) is 4.90. The van der Waals surface area contributed by atoms with Crippen LogP contribution in [0.15, 0.2) is 0 Å². The molecule has 0 aromatic rings. The predicted octanol–water partition coefficient (Wildman–Crippen LogP) is 0.409. The lowest BCUT2D eigenvalue weighted by Gasteiger charge is -2.28. The van der Waals surface area contributed by atoms with Crippen LogP contribution < -0.4 is 5.32 Å². The minimum Gasteiger partial charge on any atom is -0.479 e. The molecule has 3 nitrogen and oxygen atoms in total. The van der Waals surface area contributed by atoms with Crippen molar-refractivity contribution in [2.24, 2.45) is 5.41 Å². The number of hydrogen-bond acceptors (Lipinski definition) is 2. The third-order valence-corrected chi connectivity index (χ3v) is 2.35. The van der Waals surface area contributed by atoms with Gasteiger partial charge in [-0.2, -0.15) is 0 Å². The molecule has 0 spiro atoms. The van der Waals surface area contributed by atoms with E-state index in [1.54, 1.807) is 13.8 Å². The zero-order valence-corrected chi connectivity index (χ0v) is 6.65. The number of halogens is 1. The average Bonchev–Trinajstić information content (AvgIpc) is 2.09. The number of rotatable bonds is 1. The normalized spacial score (nSPS) is 35.5. The van der Waals surface area contributed by atoms with Gasteiger partial charge in [-0.1, -0.05) is 13.8 Å². The number of carbonyl (C=O) groups is 1. The molecule has 0 bridgehead atoms. The number of nitrogens with one attached hydrogen (secondary N) is 1. The lowest BCUT2D eigenvalue weighted by Crippen LogP contribution is -2.46. The van der Waals surface area contributed by atoms with E-state index in [-0.39, 0.29) is 6.54 Å². The van der Waals surface area contributed by atoms with E-state index in [2.05, 4.69) is 5.32 Å². The maximum Gasteiger partial charge on any atom is 0.343 e. The molecule has 1 fully saturated rings. The summed E-state index contributed by atoms with van der Waals surface area (Å²) >= 11 is 0. The minimum atomic E-state index is -2.10. The molecule has 0 aromatic carbocycles. The highest BCUT2D eigenvalue weighted by atomic mass is 19.1. The molecule has 1 aliphatic rings. The van der Waals surface area contributed by atoms with Crippen molar-refractivity contribution in [1.29, 1.82) is 0 Å². The molecule has 0 saturated carbocycles. The summed E-state index contributed by atoms with van der Waals surface area (Å²) in [7, 11) is 0. The highest BCUT2D eigenvalue weighted by Gasteiger charge is 2.55. The van der Waals surface area contributed by atoms with Crippen LogP contribution in [0.4, 0.5) is 4.39 Å². The van der Waals surface area contributed by atoms with Crippen LogP contribution in [0.25, 0.3) is 0 Å². The van der Waals surface area contributed by atoms with Crippen molar-refractivity contribution in [1.82, 2.24) is 5.32 Å². The van der Waals surface area contributed by atoms with Crippen LogP contribution in [0, 0.1) is 5.41 Å². The summed E-state index contributed by atoms with van der Waals surface area (Å²) in [6, 6.07) is 0. The largest absolute Gasteiger partial charge is 0.479 e. The molecule has 0 amide bonds. The van der Waals surface area contributed by atoms with Gasteiger partial charge in [-0.25, -0.2) is 9.18 Å². The van der Waals surface area contributed by atoms with Crippen molar-refractivity contribution < 1.29 is 14.3 Å². The maximum atomic E-state index is 13.6. The zero-order chi connectivity index (χ0) is 8.70. The second-order valence-electron chi connectivity index (χ2n) is 3.59. The van der Waals surface area contributed by atoms with Gasteiger partial charge in [-0.05, 0) is 0 Å². The number of alkyl halides is 1. The molecule has 0 radical (unpaired) electrons. The highest BCUT2D eigenvalue weighted by Crippen LogP contribution is 2.37. The second-order valence-corrected chi connectivity index (χ2v) is 3.59. The molecule has 64 valence electrons. The molecular weight excluding hydrogens is 149 g/mol. The summed E-state index contributed by atoms with van der Waals surface area (Å²) < 4.78 is 13.6. The molecular formula is C7H12FNO2. The minimum absolute atomic E-state index is 0.0880. The van der Waals surface area contributed by atoms with E-state index in [4.69, 9.17) is 5.11 Å². The van der Waals surface area contributed by atoms with E-state index < -0.39 is 17.1 Å². The van der Waals surface area contributed by atoms with Gasteiger partial charge in [0.05, 0.1) is 0 Å². The summed E-state index contributed by atoms with van der Waals surface area (Å²) in [5, 5.41) is 11.3. The summed E-state index contributed by atoms with van der Waals surface area (Å²) in [4.78, 5) is 10.5. The fourth-order valence-corrected chi connectivity index (χ4v) is 1.29. The topological polar surface area (TPSA) is 49.3 Å². The maximum absolute atomic E-state index is 13.6. The van der Waals surface area contributed by atoms with Gasteiger partial charge < -0.3 is 10.4 Å². The van der Waals surface area contributed by atoms with Crippen LogP contribution in [0.1, 0.15) is 13.8 Å². The fourth-order valence-electron chi connectivity index (χ4n) is 1.29. The van der Waals surface area contributed by atoms with Crippen molar-refractivity contribution >= 4 is 5.97 Å². The Morgan fingerprint density at radius 3 is 2.27 bits per heavy atom. The van der Waals surface area contributed by atoms with Crippen LogP contribution in [-0.4, -0.2) is 29.8 Å². The van der Waals surface area contributed by atoms with E-state index in [1.807, 2.05) is 0 Å². The van der Waals surface area contributed by atoms with Crippen molar-refractivity contribution in [2.45, 2.75) is 19.5 Å². The van der Waals surface area contributed by atoms with E-state index >= 15 is 0 Å². The van der Waals surface area contributed by atoms with Gasteiger partial charge in [-0.3, -0.25) is 0 Å². The molecule has 1 atom stereocenters. The lowest BCUT2D eigenvalue weighted by molar-refractivity contribution is -0.155. The first kappa shape index (κ1) is 8.46. The van der Waals surface area contributed by atoms with Gasteiger partial charge >= 0.3 is 5.97 Å². The third kappa shape index (κ3) is 1.01. The molecule has 0 aliphatic carbocycles. The summed E-state index contributed by atoms with van der Waals surface area (Å²) in [5.74, 6) is -1.37. The quantitative estimate of drug-likeness (QED) is 0.585. The molecule has 1 unspecified atom stereocenters. The summed E-state index contributed by atoms with van der Waals surface area (Å²) in [6.45, 7) is 3.55. The standard InChI is InChI=1S/C7H12FNO2/c1-6(2)3-9-4-7(6,8)5(10)11/h9H,3-4H2,1-2H3,(H,10,11). The van der Waals surface area contributed by atoms with E-state index in [9.17, 15) is 9.18 Å². The van der Waals surface area contributed by atoms with Crippen LogP contribution in [0.2, 0.25) is 0 Å². The Kier molecular flexibility index (Phi) is 1.67. The predicted molar refractivity (Wildman–Crippen MR) is 38.1 cm³/mol. The molecule has 11 heavy (non-hydrogen) atoms. The number of carboxylic acid groups (broad SMARTS) is 1. The summed E-state index contributed by atoms with van der Waals surface area (Å²) in [5.41, 5.74) is -2.91. The van der Waals surface area contributed by atoms with E-state index in [0.717, 1.165) is 0 Å². The Balaban J connectivity index is 2.93. The third-order valence-electron chi connectivity index (χ3n) is 2.35. The molecule has 2 N–H and O–H groups in total. The first-order valence-corrected chi connectivity index (χ1v) is 3.53. The Hall–Kier alpha value is -0.640.